The zero-order valence-corrected chi connectivity index (χ0v) is 23.4. The van der Waals surface area contributed by atoms with Crippen LogP contribution in [0.4, 0.5) is 8.78 Å². The van der Waals surface area contributed by atoms with E-state index in [4.69, 9.17) is 14.0 Å². The van der Waals surface area contributed by atoms with Gasteiger partial charge in [-0.3, -0.25) is 9.35 Å². The van der Waals surface area contributed by atoms with Crippen molar-refractivity contribution < 1.29 is 40.8 Å². The summed E-state index contributed by atoms with van der Waals surface area (Å²) in [5.74, 6) is -1.46. The van der Waals surface area contributed by atoms with Crippen LogP contribution >= 0.6 is 47.8 Å². The number of hydrogen-bond acceptors (Lipinski definition) is 6. The SMILES string of the molecule is CC(OC(=O)C12CC3CC(CC(OC(=O)c4c(Br)cc(Br)cc4Br)(C3)C1)C2)C(F)(F)S(=O)(=O)O. The third-order valence-corrected chi connectivity index (χ3v) is 9.79. The topological polar surface area (TPSA) is 107 Å². The molecule has 4 saturated carbocycles. The minimum absolute atomic E-state index is 0.0378. The molecule has 0 spiro atoms. The Bertz CT molecular complexity index is 1120. The molecule has 0 saturated heterocycles. The van der Waals surface area contributed by atoms with Gasteiger partial charge in [0.15, 0.2) is 6.10 Å². The van der Waals surface area contributed by atoms with Gasteiger partial charge in [0.25, 0.3) is 0 Å². The molecule has 0 amide bonds. The van der Waals surface area contributed by atoms with Crippen molar-refractivity contribution in [2.45, 2.75) is 62.4 Å². The number of ether oxygens (including phenoxy) is 2. The van der Waals surface area contributed by atoms with E-state index in [1.807, 2.05) is 0 Å². The van der Waals surface area contributed by atoms with Gasteiger partial charge in [0, 0.05) is 19.8 Å². The summed E-state index contributed by atoms with van der Waals surface area (Å²) >= 11 is 10.1. The lowest BCUT2D eigenvalue weighted by Crippen LogP contribution is -2.60. The Balaban J connectivity index is 1.58. The lowest BCUT2D eigenvalue weighted by Gasteiger charge is -2.59. The highest BCUT2D eigenvalue weighted by Gasteiger charge is 2.64. The number of alkyl halides is 2. The van der Waals surface area contributed by atoms with Crippen LogP contribution < -0.4 is 0 Å². The summed E-state index contributed by atoms with van der Waals surface area (Å²) in [5.41, 5.74) is -1.83. The summed E-state index contributed by atoms with van der Waals surface area (Å²) in [6, 6.07) is 3.41. The minimum Gasteiger partial charge on any atom is -0.455 e. The average Bonchev–Trinajstić information content (AvgIpc) is 2.64. The van der Waals surface area contributed by atoms with Crippen LogP contribution in [0.2, 0.25) is 0 Å². The van der Waals surface area contributed by atoms with Crippen molar-refractivity contribution in [1.29, 1.82) is 0 Å². The molecule has 3 atom stereocenters. The Morgan fingerprint density at radius 1 is 1.12 bits per heavy atom. The van der Waals surface area contributed by atoms with E-state index in [0.717, 1.165) is 17.8 Å². The lowest BCUT2D eigenvalue weighted by atomic mass is 9.48. The lowest BCUT2D eigenvalue weighted by molar-refractivity contribution is -0.206. The summed E-state index contributed by atoms with van der Waals surface area (Å²) in [6.45, 7) is 0.727. The third kappa shape index (κ3) is 4.59. The molecule has 0 aromatic heterocycles. The fraction of sp³-hybridized carbons (Fsp3) is 0.619. The predicted octanol–water partition coefficient (Wildman–Crippen LogP) is 5.88. The summed E-state index contributed by atoms with van der Waals surface area (Å²) in [4.78, 5) is 26.3. The molecule has 13 heteroatoms. The predicted molar refractivity (Wildman–Crippen MR) is 127 cm³/mol. The van der Waals surface area contributed by atoms with Crippen molar-refractivity contribution in [1.82, 2.24) is 0 Å². The Labute approximate surface area is 220 Å². The van der Waals surface area contributed by atoms with E-state index < -0.39 is 44.4 Å². The van der Waals surface area contributed by atoms with Gasteiger partial charge >= 0.3 is 27.3 Å². The van der Waals surface area contributed by atoms with Gasteiger partial charge < -0.3 is 9.47 Å². The molecule has 0 heterocycles. The van der Waals surface area contributed by atoms with Gasteiger partial charge in [-0.25, -0.2) is 4.79 Å². The highest BCUT2D eigenvalue weighted by atomic mass is 79.9. The maximum Gasteiger partial charge on any atom is 0.405 e. The third-order valence-electron chi connectivity index (χ3n) is 7.06. The number of halogens is 5. The first-order valence-electron chi connectivity index (χ1n) is 10.5. The molecule has 1 N–H and O–H groups in total. The van der Waals surface area contributed by atoms with Crippen molar-refractivity contribution in [3.8, 4) is 0 Å². The van der Waals surface area contributed by atoms with Gasteiger partial charge in [-0.05, 0) is 94.9 Å². The van der Waals surface area contributed by atoms with Gasteiger partial charge in [-0.1, -0.05) is 15.9 Å². The smallest absolute Gasteiger partial charge is 0.405 e. The maximum atomic E-state index is 14.0. The summed E-state index contributed by atoms with van der Waals surface area (Å²) < 4.78 is 71.7. The van der Waals surface area contributed by atoms with Crippen LogP contribution in [0.25, 0.3) is 0 Å². The second-order valence-corrected chi connectivity index (χ2v) is 13.8. The molecule has 34 heavy (non-hydrogen) atoms. The molecule has 4 aliphatic carbocycles. The molecule has 188 valence electrons. The van der Waals surface area contributed by atoms with E-state index in [1.54, 1.807) is 12.1 Å². The van der Waals surface area contributed by atoms with E-state index in [0.29, 0.717) is 34.6 Å². The van der Waals surface area contributed by atoms with Crippen LogP contribution in [-0.4, -0.2) is 41.9 Å². The Hall–Kier alpha value is -0.630. The highest BCUT2D eigenvalue weighted by Crippen LogP contribution is 2.63. The monoisotopic (exact) mass is 692 g/mol. The van der Waals surface area contributed by atoms with Gasteiger partial charge in [0.05, 0.1) is 11.0 Å². The number of esters is 2. The van der Waals surface area contributed by atoms with Crippen LogP contribution in [0.3, 0.4) is 0 Å². The minimum atomic E-state index is -5.77. The number of hydrogen-bond donors (Lipinski definition) is 1. The highest BCUT2D eigenvalue weighted by molar-refractivity contribution is 9.11. The summed E-state index contributed by atoms with van der Waals surface area (Å²) in [7, 11) is -5.77. The molecule has 4 bridgehead atoms. The van der Waals surface area contributed by atoms with Crippen molar-refractivity contribution in [2.24, 2.45) is 17.3 Å². The summed E-state index contributed by atoms with van der Waals surface area (Å²) in [6.07, 6.45) is 0.426. The first-order valence-corrected chi connectivity index (χ1v) is 14.3. The molecular weight excluding hydrogens is 674 g/mol. The maximum absolute atomic E-state index is 14.0. The molecule has 3 unspecified atom stereocenters. The largest absolute Gasteiger partial charge is 0.455 e. The van der Waals surface area contributed by atoms with Gasteiger partial charge in [0.1, 0.15) is 5.60 Å². The van der Waals surface area contributed by atoms with Crippen LogP contribution in [-0.2, 0) is 24.4 Å². The molecule has 1 aromatic carbocycles. The first-order chi connectivity index (χ1) is 15.6. The number of carbonyl (C=O) groups excluding carboxylic acids is 2. The van der Waals surface area contributed by atoms with Crippen molar-refractivity contribution in [2.75, 3.05) is 0 Å². The standard InChI is InChI=1S/C21H21Br3F2O7S/c1-10(21(25,26)34(29,30)31)32-18(28)19-5-11-2-12(6-19)8-20(7-11,9-19)33-17(27)16-14(23)3-13(22)4-15(16)24/h3-4,10-12H,2,5-9H2,1H3,(H,29,30,31). The summed E-state index contributed by atoms with van der Waals surface area (Å²) in [5, 5.41) is -4.64. The molecule has 4 fully saturated rings. The Kier molecular flexibility index (Phi) is 6.80. The van der Waals surface area contributed by atoms with Gasteiger partial charge in [0.2, 0.25) is 0 Å². The number of carbonyl (C=O) groups is 2. The van der Waals surface area contributed by atoms with E-state index in [2.05, 4.69) is 47.8 Å². The van der Waals surface area contributed by atoms with Crippen molar-refractivity contribution in [3.63, 3.8) is 0 Å². The Morgan fingerprint density at radius 2 is 1.65 bits per heavy atom. The Morgan fingerprint density at radius 3 is 2.15 bits per heavy atom. The van der Waals surface area contributed by atoms with E-state index in [9.17, 15) is 26.8 Å². The number of benzene rings is 1. The van der Waals surface area contributed by atoms with E-state index >= 15 is 0 Å². The van der Waals surface area contributed by atoms with E-state index in [-0.39, 0.29) is 23.8 Å². The van der Waals surface area contributed by atoms with Gasteiger partial charge in [-0.2, -0.15) is 17.2 Å². The van der Waals surface area contributed by atoms with Crippen LogP contribution in [0.15, 0.2) is 25.6 Å². The van der Waals surface area contributed by atoms with Crippen molar-refractivity contribution >= 4 is 69.8 Å². The van der Waals surface area contributed by atoms with Crippen molar-refractivity contribution in [3.05, 3.63) is 31.1 Å². The van der Waals surface area contributed by atoms with Crippen LogP contribution in [0.1, 0.15) is 55.8 Å². The molecule has 7 nitrogen and oxygen atoms in total. The molecule has 0 radical (unpaired) electrons. The molecule has 1 aromatic rings. The quantitative estimate of drug-likeness (QED) is 0.293. The molecule has 4 aliphatic rings. The second kappa shape index (κ2) is 8.74. The normalized spacial score (nSPS) is 31.3. The fourth-order valence-electron chi connectivity index (χ4n) is 6.09. The van der Waals surface area contributed by atoms with Gasteiger partial charge in [-0.15, -0.1) is 0 Å². The second-order valence-electron chi connectivity index (χ2n) is 9.64. The molecule has 5 rings (SSSR count). The number of rotatable bonds is 6. The molecule has 0 aliphatic heterocycles. The zero-order chi connectivity index (χ0) is 25.3. The van der Waals surface area contributed by atoms with Crippen LogP contribution in [0, 0.1) is 17.3 Å². The fourth-order valence-corrected chi connectivity index (χ4v) is 9.14. The zero-order valence-electron chi connectivity index (χ0n) is 17.8. The average molecular weight is 695 g/mol. The van der Waals surface area contributed by atoms with Crippen LogP contribution in [0.5, 0.6) is 0 Å². The van der Waals surface area contributed by atoms with E-state index in [1.165, 1.54) is 0 Å². The molecular formula is C21H21Br3F2O7S. The first kappa shape index (κ1) is 26.4.